The SMILES string of the molecule is C[Si](C)(C)CCOCn1cc(C2(C(F)(F)F)CC2)c2c(N=O)cc(Cl)[nH+]c21.[OH-]. The van der Waals surface area contributed by atoms with Crippen LogP contribution in [0.3, 0.4) is 0 Å². The fraction of sp³-hybridized carbons (Fsp3) is 0.588. The van der Waals surface area contributed by atoms with E-state index in [4.69, 9.17) is 16.3 Å². The Hall–Kier alpha value is -1.49. The molecule has 2 aromatic heterocycles. The summed E-state index contributed by atoms with van der Waals surface area (Å²) in [4.78, 5) is 14.1. The summed E-state index contributed by atoms with van der Waals surface area (Å²) in [5, 5.41) is 3.21. The maximum absolute atomic E-state index is 13.7. The second-order valence-corrected chi connectivity index (χ2v) is 14.3. The maximum atomic E-state index is 13.7. The molecule has 0 aromatic carbocycles. The smallest absolute Gasteiger partial charge is 0.398 e. The molecule has 0 atom stereocenters. The van der Waals surface area contributed by atoms with Crippen molar-refractivity contribution in [1.29, 1.82) is 0 Å². The van der Waals surface area contributed by atoms with Gasteiger partial charge in [-0.2, -0.15) is 13.2 Å². The first-order chi connectivity index (χ1) is 12.5. The number of fused-ring (bicyclic) bond motifs is 1. The molecule has 0 amide bonds. The highest BCUT2D eigenvalue weighted by Crippen LogP contribution is 2.61. The first kappa shape index (κ1) is 22.8. The molecule has 3 rings (SSSR count). The summed E-state index contributed by atoms with van der Waals surface area (Å²) in [6.07, 6.45) is -2.99. The Bertz CT molecular complexity index is 876. The fourth-order valence-corrected chi connectivity index (χ4v) is 4.15. The van der Waals surface area contributed by atoms with E-state index in [-0.39, 0.29) is 46.8 Å². The van der Waals surface area contributed by atoms with Crippen molar-refractivity contribution < 1.29 is 28.4 Å². The molecule has 28 heavy (non-hydrogen) atoms. The van der Waals surface area contributed by atoms with E-state index in [0.717, 1.165) is 6.04 Å². The van der Waals surface area contributed by atoms with Crippen LogP contribution < -0.4 is 4.98 Å². The molecule has 2 N–H and O–H groups in total. The molecule has 0 saturated heterocycles. The Morgan fingerprint density at radius 1 is 1.36 bits per heavy atom. The van der Waals surface area contributed by atoms with E-state index in [2.05, 4.69) is 29.8 Å². The van der Waals surface area contributed by atoms with Crippen molar-refractivity contribution in [2.45, 2.75) is 56.8 Å². The van der Waals surface area contributed by atoms with E-state index in [9.17, 15) is 18.1 Å². The minimum atomic E-state index is -4.40. The van der Waals surface area contributed by atoms with Crippen LogP contribution in [-0.4, -0.2) is 30.9 Å². The van der Waals surface area contributed by atoms with E-state index < -0.39 is 19.7 Å². The molecule has 0 radical (unpaired) electrons. The van der Waals surface area contributed by atoms with Gasteiger partial charge >= 0.3 is 6.18 Å². The minimum Gasteiger partial charge on any atom is -0.870 e. The van der Waals surface area contributed by atoms with Gasteiger partial charge in [-0.3, -0.25) is 0 Å². The molecule has 2 heterocycles. The quantitative estimate of drug-likeness (QED) is 0.257. The number of aromatic nitrogens is 2. The average Bonchev–Trinajstić information content (AvgIpc) is 3.28. The van der Waals surface area contributed by atoms with Gasteiger partial charge in [0.1, 0.15) is 11.1 Å². The van der Waals surface area contributed by atoms with Crippen molar-refractivity contribution in [3.05, 3.63) is 27.9 Å². The lowest BCUT2D eigenvalue weighted by Crippen LogP contribution is -2.28. The van der Waals surface area contributed by atoms with Crippen molar-refractivity contribution in [2.24, 2.45) is 5.18 Å². The zero-order valence-corrected chi connectivity index (χ0v) is 17.6. The van der Waals surface area contributed by atoms with Gasteiger partial charge in [-0.05, 0) is 35.7 Å². The Balaban J connectivity index is 0.00000280. The van der Waals surface area contributed by atoms with Crippen LogP contribution in [0.25, 0.3) is 11.0 Å². The standard InChI is InChI=1S/C17H21ClF3N3O2Si.H2O/c1-27(2,3)7-6-26-10-24-9-11(16(4-5-16)17(19,20)21)14-12(23-25)8-13(18)22-15(14)24;/h8-9H,4-7,10H2,1-3H3;1H2. The van der Waals surface area contributed by atoms with Gasteiger partial charge in [0.2, 0.25) is 0 Å². The van der Waals surface area contributed by atoms with Crippen LogP contribution in [0.15, 0.2) is 17.4 Å². The van der Waals surface area contributed by atoms with Gasteiger partial charge in [0.25, 0.3) is 5.65 Å². The maximum Gasteiger partial charge on any atom is 0.398 e. The zero-order chi connectivity index (χ0) is 20.0. The molecule has 1 aliphatic carbocycles. The molecule has 0 spiro atoms. The molecule has 1 saturated carbocycles. The minimum absolute atomic E-state index is 0. The van der Waals surface area contributed by atoms with E-state index in [0.29, 0.717) is 12.3 Å². The van der Waals surface area contributed by atoms with Crippen molar-refractivity contribution in [3.63, 3.8) is 0 Å². The normalized spacial score (nSPS) is 16.1. The third-order valence-corrected chi connectivity index (χ3v) is 6.88. The monoisotopic (exact) mass is 437 g/mol. The number of hydrogen-bond donors (Lipinski definition) is 0. The van der Waals surface area contributed by atoms with Crippen molar-refractivity contribution in [2.75, 3.05) is 6.61 Å². The number of halogens is 4. The van der Waals surface area contributed by atoms with Gasteiger partial charge in [0.15, 0.2) is 11.9 Å². The van der Waals surface area contributed by atoms with Crippen LogP contribution in [0.1, 0.15) is 18.4 Å². The lowest BCUT2D eigenvalue weighted by Gasteiger charge is -2.17. The molecular formula is C17H23ClF3N3O3Si. The molecule has 6 nitrogen and oxygen atoms in total. The second-order valence-electron chi connectivity index (χ2n) is 8.26. The van der Waals surface area contributed by atoms with Gasteiger partial charge in [-0.25, -0.2) is 9.55 Å². The molecule has 156 valence electrons. The predicted molar refractivity (Wildman–Crippen MR) is 102 cm³/mol. The number of ether oxygens (including phenoxy) is 1. The van der Waals surface area contributed by atoms with E-state index in [1.807, 2.05) is 0 Å². The van der Waals surface area contributed by atoms with Crippen LogP contribution in [-0.2, 0) is 16.9 Å². The lowest BCUT2D eigenvalue weighted by atomic mass is 9.95. The molecule has 1 fully saturated rings. The van der Waals surface area contributed by atoms with Crippen molar-refractivity contribution in [1.82, 2.24) is 4.57 Å². The largest absolute Gasteiger partial charge is 0.870 e. The molecule has 0 bridgehead atoms. The number of aromatic amines is 1. The predicted octanol–water partition coefficient (Wildman–Crippen LogP) is 5.24. The van der Waals surface area contributed by atoms with Gasteiger partial charge in [-0.15, -0.1) is 4.91 Å². The number of nitrogens with one attached hydrogen (secondary N) is 1. The highest BCUT2D eigenvalue weighted by Gasteiger charge is 2.66. The average molecular weight is 438 g/mol. The van der Waals surface area contributed by atoms with Gasteiger partial charge in [-0.1, -0.05) is 19.6 Å². The van der Waals surface area contributed by atoms with Gasteiger partial charge in [0.05, 0.1) is 11.6 Å². The van der Waals surface area contributed by atoms with Crippen LogP contribution in [0, 0.1) is 4.91 Å². The molecular weight excluding hydrogens is 415 g/mol. The third kappa shape index (κ3) is 4.24. The highest BCUT2D eigenvalue weighted by molar-refractivity contribution is 6.76. The Labute approximate surface area is 166 Å². The topological polar surface area (TPSA) is 87.7 Å². The van der Waals surface area contributed by atoms with Gasteiger partial charge in [0, 0.05) is 26.3 Å². The van der Waals surface area contributed by atoms with Crippen molar-refractivity contribution >= 4 is 36.4 Å². The number of alkyl halides is 3. The van der Waals surface area contributed by atoms with Crippen LogP contribution in [0.5, 0.6) is 0 Å². The van der Waals surface area contributed by atoms with E-state index in [1.54, 1.807) is 4.57 Å². The number of rotatable bonds is 7. The van der Waals surface area contributed by atoms with E-state index in [1.165, 1.54) is 12.3 Å². The van der Waals surface area contributed by atoms with E-state index >= 15 is 0 Å². The fourth-order valence-electron chi connectivity index (χ4n) is 3.20. The molecule has 2 aromatic rings. The van der Waals surface area contributed by atoms with Gasteiger partial charge < -0.3 is 10.2 Å². The van der Waals surface area contributed by atoms with Crippen LogP contribution in [0.2, 0.25) is 30.8 Å². The summed E-state index contributed by atoms with van der Waals surface area (Å²) < 4.78 is 48.3. The molecule has 11 heteroatoms. The number of H-pyrrole nitrogens is 1. The number of hydrogen-bond acceptors (Lipinski definition) is 4. The molecule has 0 aliphatic heterocycles. The number of nitrogens with zero attached hydrogens (tertiary/aromatic N) is 2. The van der Waals surface area contributed by atoms with Crippen LogP contribution >= 0.6 is 11.6 Å². The summed E-state index contributed by atoms with van der Waals surface area (Å²) >= 11 is 6.00. The van der Waals surface area contributed by atoms with Crippen molar-refractivity contribution in [3.8, 4) is 0 Å². The lowest BCUT2D eigenvalue weighted by molar-refractivity contribution is -0.347. The summed E-state index contributed by atoms with van der Waals surface area (Å²) in [5.74, 6) is 0. The Morgan fingerprint density at radius 2 is 2.00 bits per heavy atom. The first-order valence-corrected chi connectivity index (χ1v) is 12.8. The summed E-state index contributed by atoms with van der Waals surface area (Å²) in [7, 11) is -1.28. The third-order valence-electron chi connectivity index (χ3n) is 4.97. The summed E-state index contributed by atoms with van der Waals surface area (Å²) in [6.45, 7) is 7.25. The second kappa shape index (κ2) is 7.73. The Morgan fingerprint density at radius 3 is 2.50 bits per heavy atom. The highest BCUT2D eigenvalue weighted by atomic mass is 35.5. The zero-order valence-electron chi connectivity index (χ0n) is 15.9. The number of pyridine rings is 1. The summed E-state index contributed by atoms with van der Waals surface area (Å²) in [5.41, 5.74) is -1.66. The first-order valence-electron chi connectivity index (χ1n) is 8.71. The molecule has 1 aliphatic rings. The summed E-state index contributed by atoms with van der Waals surface area (Å²) in [6, 6.07) is 2.19. The number of nitroso groups, excluding NO2 is 1. The Kier molecular flexibility index (Phi) is 6.30. The molecule has 0 unspecified atom stereocenters. The van der Waals surface area contributed by atoms with Crippen LogP contribution in [0.4, 0.5) is 18.9 Å².